The first-order valence-corrected chi connectivity index (χ1v) is 26.2. The molecule has 5 aromatic rings. The number of ether oxygens (including phenoxy) is 1. The van der Waals surface area contributed by atoms with Gasteiger partial charge in [0.2, 0.25) is 0 Å². The Morgan fingerprint density at radius 3 is 1.34 bits per heavy atom. The number of carbonyl (C=O) groups is 5. The van der Waals surface area contributed by atoms with Crippen LogP contribution in [0.3, 0.4) is 0 Å². The molecule has 10 aliphatic rings. The second-order valence-electron chi connectivity index (χ2n) is 22.4. The lowest BCUT2D eigenvalue weighted by atomic mass is 9.48. The Kier molecular flexibility index (Phi) is 11.3. The molecule has 8 saturated carbocycles. The van der Waals surface area contributed by atoms with E-state index in [4.69, 9.17) is 4.74 Å². The molecule has 11 heteroatoms. The Morgan fingerprint density at radius 2 is 0.944 bits per heavy atom. The number of esters is 1. The number of fused-ring (bicyclic) bond motifs is 2. The highest BCUT2D eigenvalue weighted by atomic mass is 79.9. The van der Waals surface area contributed by atoms with Crippen LogP contribution >= 0.6 is 15.9 Å². The molecular weight excluding hydrogens is 957 g/mol. The highest BCUT2D eigenvalue weighted by molar-refractivity contribution is 9.10. The third kappa shape index (κ3) is 7.94. The van der Waals surface area contributed by atoms with Crippen LogP contribution in [0.1, 0.15) is 146 Å². The number of hydrogen-bond donors (Lipinski definition) is 2. The number of phenols is 2. The van der Waals surface area contributed by atoms with E-state index in [0.29, 0.717) is 51.1 Å². The van der Waals surface area contributed by atoms with Gasteiger partial charge in [0.15, 0.2) is 0 Å². The summed E-state index contributed by atoms with van der Waals surface area (Å²) >= 11 is 3.64. The number of carbonyl (C=O) groups excluding carboxylic acids is 5. The summed E-state index contributed by atoms with van der Waals surface area (Å²) in [7, 11) is 1.35. The van der Waals surface area contributed by atoms with Crippen LogP contribution in [-0.4, -0.2) is 56.7 Å². The molecule has 0 radical (unpaired) electrons. The van der Waals surface area contributed by atoms with Crippen LogP contribution in [0.25, 0.3) is 17.2 Å². The number of hydrogen-bond acceptors (Lipinski definition) is 8. The first kappa shape index (κ1) is 45.8. The van der Waals surface area contributed by atoms with Crippen LogP contribution in [0.15, 0.2) is 108 Å². The van der Waals surface area contributed by atoms with Gasteiger partial charge in [-0.2, -0.15) is 0 Å². The van der Waals surface area contributed by atoms with Gasteiger partial charge in [0.05, 0.1) is 42.5 Å². The van der Waals surface area contributed by atoms with Gasteiger partial charge in [-0.25, -0.2) is 4.79 Å². The number of phenolic OH excluding ortho intramolecular Hbond substituents is 2. The number of nitrogens with zero attached hydrogens (tertiary/aromatic N) is 2. The summed E-state index contributed by atoms with van der Waals surface area (Å²) in [6.45, 7) is 0.113. The number of aromatic hydroxyl groups is 2. The van der Waals surface area contributed by atoms with Crippen molar-refractivity contribution in [1.29, 1.82) is 0 Å². The van der Waals surface area contributed by atoms with Crippen molar-refractivity contribution >= 4 is 51.6 Å². The maximum absolute atomic E-state index is 13.2. The Labute approximate surface area is 422 Å². The van der Waals surface area contributed by atoms with E-state index < -0.39 is 5.97 Å². The molecular formula is C60H57BrN2O8. The number of methoxy groups -OCH3 is 1. The summed E-state index contributed by atoms with van der Waals surface area (Å²) in [6, 6.07) is 29.7. The predicted octanol–water partition coefficient (Wildman–Crippen LogP) is 11.9. The first-order valence-electron chi connectivity index (χ1n) is 25.4. The van der Waals surface area contributed by atoms with Crippen LogP contribution < -0.4 is 0 Å². The van der Waals surface area contributed by atoms with Crippen molar-refractivity contribution in [2.45, 2.75) is 101 Å². The lowest BCUT2D eigenvalue weighted by Gasteiger charge is -2.57. The largest absolute Gasteiger partial charge is 0.507 e. The van der Waals surface area contributed by atoms with Gasteiger partial charge in [-0.1, -0.05) is 64.5 Å². The minimum absolute atomic E-state index is 0.0192. The average Bonchev–Trinajstić information content (AvgIpc) is 3.74. The second kappa shape index (κ2) is 17.5. The Bertz CT molecular complexity index is 2960. The molecule has 4 amide bonds. The fourth-order valence-corrected chi connectivity index (χ4v) is 16.1. The summed E-state index contributed by atoms with van der Waals surface area (Å²) in [5, 5.41) is 23.2. The van der Waals surface area contributed by atoms with E-state index in [1.165, 1.54) is 61.5 Å². The molecule has 8 fully saturated rings. The van der Waals surface area contributed by atoms with Gasteiger partial charge >= 0.3 is 5.97 Å². The van der Waals surface area contributed by atoms with Gasteiger partial charge in [0.25, 0.3) is 23.6 Å². The normalized spacial score (nSPS) is 28.4. The molecule has 2 heterocycles. The highest BCUT2D eigenvalue weighted by Crippen LogP contribution is 2.64. The molecule has 0 atom stereocenters. The molecule has 15 rings (SSSR count). The standard InChI is InChI=1S/C35H33NO5.C25H24BrNO3/c1-41-31(37)11-8-21-6-9-25(10-7-21)26-15-27(20-36-33(39)28-4-2-3-5-29(28)34(36)40)32(38)30(16-26)35-17-22-12-23(18-35)14-24(13-22)19-35;26-18-8-17(13-27-23(29)19-3-1-2-4-20(19)24(27)30)22(28)21(9-18)25-10-14-5-15(11-25)7-16(6-14)12-25/h2-11,15-16,22-24,38H,12-14,17-20H2,1H3;1-4,8-9,14-16,28H,5-7,10-13H2/b11-8+;. The van der Waals surface area contributed by atoms with E-state index in [0.717, 1.165) is 88.6 Å². The summed E-state index contributed by atoms with van der Waals surface area (Å²) in [5.74, 6) is 3.28. The van der Waals surface area contributed by atoms with E-state index in [-0.39, 0.29) is 59.0 Å². The van der Waals surface area contributed by atoms with E-state index in [1.807, 2.05) is 36.4 Å². The van der Waals surface area contributed by atoms with Crippen molar-refractivity contribution in [2.24, 2.45) is 35.5 Å². The van der Waals surface area contributed by atoms with Gasteiger partial charge in [-0.3, -0.25) is 29.0 Å². The predicted molar refractivity (Wildman–Crippen MR) is 271 cm³/mol. The minimum atomic E-state index is -0.411. The zero-order valence-electron chi connectivity index (χ0n) is 39.9. The number of rotatable bonds is 9. The van der Waals surface area contributed by atoms with Crippen molar-refractivity contribution in [3.63, 3.8) is 0 Å². The summed E-state index contributed by atoms with van der Waals surface area (Å²) < 4.78 is 5.59. The molecule has 0 spiro atoms. The zero-order valence-corrected chi connectivity index (χ0v) is 41.5. The van der Waals surface area contributed by atoms with Crippen LogP contribution in [0.4, 0.5) is 0 Å². The van der Waals surface area contributed by atoms with Gasteiger partial charge in [-0.05, 0) is 195 Å². The van der Waals surface area contributed by atoms with Crippen LogP contribution in [0, 0.1) is 35.5 Å². The van der Waals surface area contributed by atoms with E-state index in [9.17, 15) is 34.2 Å². The molecule has 362 valence electrons. The zero-order chi connectivity index (χ0) is 48.9. The molecule has 0 unspecified atom stereocenters. The summed E-state index contributed by atoms with van der Waals surface area (Å²) in [4.78, 5) is 66.2. The topological polar surface area (TPSA) is 142 Å². The number of imide groups is 2. The van der Waals surface area contributed by atoms with E-state index in [2.05, 4.69) is 28.1 Å². The minimum Gasteiger partial charge on any atom is -0.507 e. The van der Waals surface area contributed by atoms with Gasteiger partial charge in [0, 0.05) is 32.8 Å². The fourth-order valence-electron chi connectivity index (χ4n) is 15.6. The lowest BCUT2D eigenvalue weighted by Crippen LogP contribution is -2.48. The number of benzene rings is 5. The van der Waals surface area contributed by atoms with Crippen molar-refractivity contribution in [1.82, 2.24) is 9.80 Å². The van der Waals surface area contributed by atoms with Crippen molar-refractivity contribution in [3.05, 3.63) is 158 Å². The van der Waals surface area contributed by atoms with Crippen molar-refractivity contribution in [3.8, 4) is 22.6 Å². The number of halogens is 1. The Morgan fingerprint density at radius 1 is 0.563 bits per heavy atom. The molecule has 0 saturated heterocycles. The molecule has 8 bridgehead atoms. The Balaban J connectivity index is 0.000000153. The van der Waals surface area contributed by atoms with E-state index in [1.54, 1.807) is 54.6 Å². The maximum Gasteiger partial charge on any atom is 0.330 e. The molecule has 2 aliphatic heterocycles. The van der Waals surface area contributed by atoms with Gasteiger partial charge in [0.1, 0.15) is 11.5 Å². The smallest absolute Gasteiger partial charge is 0.330 e. The van der Waals surface area contributed by atoms with Crippen molar-refractivity contribution < 1.29 is 38.9 Å². The molecule has 0 aromatic heterocycles. The van der Waals surface area contributed by atoms with Crippen LogP contribution in [-0.2, 0) is 33.5 Å². The van der Waals surface area contributed by atoms with Gasteiger partial charge < -0.3 is 14.9 Å². The molecule has 71 heavy (non-hydrogen) atoms. The SMILES string of the molecule is COC(=O)/C=C/c1ccc(-c2cc(CN3C(=O)c4ccccc4C3=O)c(O)c(C34CC5CC(CC(C5)C3)C4)c2)cc1.O=C1c2ccccc2C(=O)N1Cc1cc(Br)cc(C23CC4CC(CC(C4)C2)C3)c1O. The van der Waals surface area contributed by atoms with Crippen LogP contribution in [0.2, 0.25) is 0 Å². The molecule has 10 nitrogen and oxygen atoms in total. The molecule has 2 N–H and O–H groups in total. The number of amides is 4. The first-order chi connectivity index (χ1) is 34.3. The van der Waals surface area contributed by atoms with E-state index >= 15 is 0 Å². The quantitative estimate of drug-likeness (QED) is 0.0845. The summed E-state index contributed by atoms with van der Waals surface area (Å²) in [5.41, 5.74) is 7.67. The monoisotopic (exact) mass is 1010 g/mol. The fraction of sp³-hybridized carbons (Fsp3) is 0.383. The van der Waals surface area contributed by atoms with Crippen LogP contribution in [0.5, 0.6) is 11.5 Å². The van der Waals surface area contributed by atoms with Crippen molar-refractivity contribution in [2.75, 3.05) is 7.11 Å². The lowest BCUT2D eigenvalue weighted by molar-refractivity contribution is -0.134. The third-order valence-corrected chi connectivity index (χ3v) is 18.3. The maximum atomic E-state index is 13.2. The van der Waals surface area contributed by atoms with Gasteiger partial charge in [-0.15, -0.1) is 0 Å². The second-order valence-corrected chi connectivity index (χ2v) is 23.3. The molecule has 8 aliphatic carbocycles. The highest BCUT2D eigenvalue weighted by Gasteiger charge is 2.54. The third-order valence-electron chi connectivity index (χ3n) is 17.8. The average molecular weight is 1010 g/mol. The molecule has 5 aromatic carbocycles. The Hall–Kier alpha value is -6.33. The summed E-state index contributed by atoms with van der Waals surface area (Å²) in [6.07, 6.45) is 17.7.